The summed E-state index contributed by atoms with van der Waals surface area (Å²) in [4.78, 5) is 2.49. The van der Waals surface area contributed by atoms with Crippen molar-refractivity contribution in [1.82, 2.24) is 5.32 Å². The van der Waals surface area contributed by atoms with Gasteiger partial charge in [0, 0.05) is 31.5 Å². The van der Waals surface area contributed by atoms with Gasteiger partial charge in [-0.3, -0.25) is 0 Å². The Balaban J connectivity index is 0.000000214. The Morgan fingerprint density at radius 2 is 1.32 bits per heavy atom. The highest BCUT2D eigenvalue weighted by Gasteiger charge is 2.09. The average molecular weight is 537 g/mol. The van der Waals surface area contributed by atoms with Crippen LogP contribution in [0.5, 0.6) is 0 Å². The van der Waals surface area contributed by atoms with Gasteiger partial charge in [0.25, 0.3) is 0 Å². The Morgan fingerprint density at radius 1 is 0.800 bits per heavy atom. The number of allylic oxidation sites excluding steroid dienone is 3. The van der Waals surface area contributed by atoms with E-state index >= 15 is 0 Å². The number of piperidine rings is 1. The number of aryl methyl sites for hydroxylation is 4. The molecule has 3 aromatic carbocycles. The van der Waals surface area contributed by atoms with Gasteiger partial charge in [0.15, 0.2) is 0 Å². The van der Waals surface area contributed by atoms with Crippen LogP contribution in [0.3, 0.4) is 0 Å². The van der Waals surface area contributed by atoms with E-state index in [1.54, 1.807) is 0 Å². The first-order valence-corrected chi connectivity index (χ1v) is 15.0. The van der Waals surface area contributed by atoms with E-state index in [1.165, 1.54) is 73.1 Å². The molecule has 2 heteroatoms. The number of anilines is 1. The Morgan fingerprint density at radius 3 is 1.77 bits per heavy atom. The number of nitrogens with one attached hydrogen (secondary N) is 1. The van der Waals surface area contributed by atoms with E-state index in [2.05, 4.69) is 124 Å². The predicted molar refractivity (Wildman–Crippen MR) is 179 cm³/mol. The van der Waals surface area contributed by atoms with Crippen molar-refractivity contribution in [3.63, 3.8) is 0 Å². The highest BCUT2D eigenvalue weighted by Crippen LogP contribution is 2.22. The fraction of sp³-hybridized carbons (Fsp3) is 0.368. The first kappa shape index (κ1) is 32.7. The summed E-state index contributed by atoms with van der Waals surface area (Å²) in [6.07, 6.45) is 9.56. The first-order valence-electron chi connectivity index (χ1n) is 15.0. The molecule has 0 aromatic heterocycles. The molecule has 0 unspecified atom stereocenters. The molecule has 0 bridgehead atoms. The second kappa shape index (κ2) is 17.9. The molecule has 2 nitrogen and oxygen atoms in total. The third-order valence-electron chi connectivity index (χ3n) is 7.25. The van der Waals surface area contributed by atoms with Crippen molar-refractivity contribution in [1.29, 1.82) is 0 Å². The molecular weight excluding hydrogens is 484 g/mol. The van der Waals surface area contributed by atoms with Crippen molar-refractivity contribution in [2.24, 2.45) is 0 Å². The molecule has 1 aliphatic rings. The van der Waals surface area contributed by atoms with Gasteiger partial charge in [0.05, 0.1) is 0 Å². The molecule has 1 aliphatic heterocycles. The van der Waals surface area contributed by atoms with Crippen molar-refractivity contribution in [2.45, 2.75) is 73.1 Å². The van der Waals surface area contributed by atoms with Gasteiger partial charge in [-0.2, -0.15) is 0 Å². The van der Waals surface area contributed by atoms with Crippen LogP contribution < -0.4 is 10.2 Å². The minimum absolute atomic E-state index is 1.01. The normalized spacial score (nSPS) is 13.1. The van der Waals surface area contributed by atoms with Crippen LogP contribution >= 0.6 is 0 Å². The lowest BCUT2D eigenvalue weighted by atomic mass is 10.0. The van der Waals surface area contributed by atoms with Crippen LogP contribution in [0.4, 0.5) is 5.69 Å². The summed E-state index contributed by atoms with van der Waals surface area (Å²) in [5.74, 6) is 0. The van der Waals surface area contributed by atoms with Crippen LogP contribution in [0.25, 0.3) is 5.70 Å². The van der Waals surface area contributed by atoms with E-state index in [1.807, 2.05) is 20.0 Å². The molecule has 0 saturated carbocycles. The van der Waals surface area contributed by atoms with Crippen molar-refractivity contribution in [3.8, 4) is 0 Å². The van der Waals surface area contributed by atoms with E-state index < -0.39 is 0 Å². The van der Waals surface area contributed by atoms with Gasteiger partial charge < -0.3 is 10.2 Å². The fourth-order valence-electron chi connectivity index (χ4n) is 4.78. The molecule has 0 amide bonds. The molecule has 1 saturated heterocycles. The highest BCUT2D eigenvalue weighted by molar-refractivity contribution is 5.73. The minimum Gasteiger partial charge on any atom is -0.387 e. The van der Waals surface area contributed by atoms with Crippen molar-refractivity contribution in [2.75, 3.05) is 25.0 Å². The maximum atomic E-state index is 3.97. The molecule has 0 atom stereocenters. The molecule has 3 aromatic rings. The van der Waals surface area contributed by atoms with Gasteiger partial charge in [-0.1, -0.05) is 111 Å². The molecule has 0 radical (unpaired) electrons. The summed E-state index contributed by atoms with van der Waals surface area (Å²) in [7, 11) is 1.92. The first-order chi connectivity index (χ1) is 19.3. The van der Waals surface area contributed by atoms with Gasteiger partial charge in [0.2, 0.25) is 0 Å². The summed E-state index contributed by atoms with van der Waals surface area (Å²) in [6, 6.07) is 26.2. The quantitative estimate of drug-likeness (QED) is 0.288. The third kappa shape index (κ3) is 10.9. The zero-order valence-corrected chi connectivity index (χ0v) is 26.0. The largest absolute Gasteiger partial charge is 0.387 e. The van der Waals surface area contributed by atoms with Gasteiger partial charge in [0.1, 0.15) is 0 Å². The van der Waals surface area contributed by atoms with Gasteiger partial charge in [-0.15, -0.1) is 0 Å². The molecule has 214 valence electrons. The van der Waals surface area contributed by atoms with Crippen LogP contribution in [0.2, 0.25) is 0 Å². The standard InChI is InChI=1S/C15H19N.C12H17N.C11H16/c1-6-14(11(2)3)15(16-5)13-9-7-12(4)8-10-13;1-11-5-7-12(8-6-11)13-9-3-2-4-10-13;1-3-5-11-8-6-10(4-2)7-9-11/h6-10,16H,1-2H2,3-5H3;5-8H,2-4,9-10H2,1H3;6-9H,3-5H2,1-2H3/b15-14+;;. The molecule has 0 spiro atoms. The Hall–Kier alpha value is -3.52. The SMILES string of the molecule is C=C/C(C(=C)C)=C(\NC)c1ccc(C)cc1.CCCc1ccc(CC)cc1.Cc1ccc(N2CCCCC2)cc1. The molecule has 1 N–H and O–H groups in total. The zero-order valence-electron chi connectivity index (χ0n) is 26.0. The molecule has 40 heavy (non-hydrogen) atoms. The summed E-state index contributed by atoms with van der Waals surface area (Å²) in [6.45, 7) is 20.9. The number of nitrogens with zero attached hydrogens (tertiary/aromatic N) is 1. The van der Waals surface area contributed by atoms with Crippen molar-refractivity contribution >= 4 is 11.4 Å². The topological polar surface area (TPSA) is 15.3 Å². The van der Waals surface area contributed by atoms with E-state index in [4.69, 9.17) is 0 Å². The summed E-state index contributed by atoms with van der Waals surface area (Å²) in [5, 5.41) is 3.22. The molecule has 1 heterocycles. The molecule has 0 aliphatic carbocycles. The monoisotopic (exact) mass is 536 g/mol. The second-order valence-corrected chi connectivity index (χ2v) is 10.7. The van der Waals surface area contributed by atoms with E-state index in [0.717, 1.165) is 28.8 Å². The maximum absolute atomic E-state index is 3.97. The van der Waals surface area contributed by atoms with Crippen LogP contribution in [0.1, 0.15) is 74.3 Å². The number of hydrogen-bond donors (Lipinski definition) is 1. The lowest BCUT2D eigenvalue weighted by molar-refractivity contribution is 0.578. The average Bonchev–Trinajstić information content (AvgIpc) is 2.98. The third-order valence-corrected chi connectivity index (χ3v) is 7.25. The van der Waals surface area contributed by atoms with Crippen molar-refractivity contribution < 1.29 is 0 Å². The molecule has 1 fully saturated rings. The van der Waals surface area contributed by atoms with Crippen LogP contribution in [0, 0.1) is 13.8 Å². The van der Waals surface area contributed by atoms with Crippen molar-refractivity contribution in [3.05, 3.63) is 131 Å². The number of hydrogen-bond acceptors (Lipinski definition) is 2. The highest BCUT2D eigenvalue weighted by atomic mass is 15.1. The molecular formula is C38H52N2. The Bertz CT molecular complexity index is 1180. The van der Waals surface area contributed by atoms with E-state index in [-0.39, 0.29) is 0 Å². The minimum atomic E-state index is 1.01. The lowest BCUT2D eigenvalue weighted by Gasteiger charge is -2.28. The number of rotatable bonds is 8. The smallest absolute Gasteiger partial charge is 0.0487 e. The Kier molecular flexibility index (Phi) is 14.7. The van der Waals surface area contributed by atoms with E-state index in [9.17, 15) is 0 Å². The summed E-state index contributed by atoms with van der Waals surface area (Å²) in [5.41, 5.74) is 11.2. The van der Waals surface area contributed by atoms with Gasteiger partial charge in [-0.05, 0) is 92.8 Å². The lowest BCUT2D eigenvalue weighted by Crippen LogP contribution is -2.29. The summed E-state index contributed by atoms with van der Waals surface area (Å²) < 4.78 is 0. The van der Waals surface area contributed by atoms with Gasteiger partial charge in [-0.25, -0.2) is 0 Å². The predicted octanol–water partition coefficient (Wildman–Crippen LogP) is 9.87. The zero-order chi connectivity index (χ0) is 29.3. The molecule has 4 rings (SSSR count). The van der Waals surface area contributed by atoms with Crippen LogP contribution in [-0.2, 0) is 12.8 Å². The van der Waals surface area contributed by atoms with Crippen LogP contribution in [0.15, 0.2) is 103 Å². The number of benzene rings is 3. The van der Waals surface area contributed by atoms with E-state index in [0.29, 0.717) is 0 Å². The fourth-order valence-corrected chi connectivity index (χ4v) is 4.78. The summed E-state index contributed by atoms with van der Waals surface area (Å²) >= 11 is 0. The second-order valence-electron chi connectivity index (χ2n) is 10.7. The maximum Gasteiger partial charge on any atom is 0.0487 e. The van der Waals surface area contributed by atoms with Gasteiger partial charge >= 0.3 is 0 Å². The Labute approximate surface area is 245 Å². The van der Waals surface area contributed by atoms with Crippen LogP contribution in [-0.4, -0.2) is 20.1 Å².